The summed E-state index contributed by atoms with van der Waals surface area (Å²) in [6, 6.07) is 10.6. The highest BCUT2D eigenvalue weighted by Crippen LogP contribution is 2.13. The van der Waals surface area contributed by atoms with E-state index in [2.05, 4.69) is 56.1 Å². The molecule has 0 aliphatic rings. The van der Waals surface area contributed by atoms with Crippen molar-refractivity contribution < 1.29 is 0 Å². The summed E-state index contributed by atoms with van der Waals surface area (Å²) in [5.41, 5.74) is 1.33. The molecule has 0 radical (unpaired) electrons. The second-order valence-electron chi connectivity index (χ2n) is 5.00. The summed E-state index contributed by atoms with van der Waals surface area (Å²) in [6.07, 6.45) is 5.41. The predicted octanol–water partition coefficient (Wildman–Crippen LogP) is 4.34. The number of hydrogen-bond donors (Lipinski definition) is 0. The van der Waals surface area contributed by atoms with Gasteiger partial charge in [0.05, 0.1) is 0 Å². The SMILES string of the molecule is CC(C)CCCCCN(C)c1ccccc1. The van der Waals surface area contributed by atoms with Gasteiger partial charge in [-0.2, -0.15) is 0 Å². The Labute approximate surface area is 100 Å². The fraction of sp³-hybridized carbons (Fsp3) is 0.600. The van der Waals surface area contributed by atoms with Crippen LogP contribution in [0.3, 0.4) is 0 Å². The first-order chi connectivity index (χ1) is 7.70. The zero-order valence-corrected chi connectivity index (χ0v) is 10.9. The Hall–Kier alpha value is -0.980. The average Bonchev–Trinajstić information content (AvgIpc) is 2.29. The third-order valence-electron chi connectivity index (χ3n) is 2.97. The molecular weight excluding hydrogens is 194 g/mol. The number of rotatable bonds is 7. The third-order valence-corrected chi connectivity index (χ3v) is 2.97. The summed E-state index contributed by atoms with van der Waals surface area (Å²) in [4.78, 5) is 2.34. The lowest BCUT2D eigenvalue weighted by molar-refractivity contribution is 0.527. The van der Waals surface area contributed by atoms with Crippen molar-refractivity contribution in [2.45, 2.75) is 39.5 Å². The van der Waals surface area contributed by atoms with E-state index in [-0.39, 0.29) is 0 Å². The van der Waals surface area contributed by atoms with Crippen LogP contribution in [0.2, 0.25) is 0 Å². The second kappa shape index (κ2) is 7.32. The maximum Gasteiger partial charge on any atom is 0.0363 e. The number of benzene rings is 1. The average molecular weight is 219 g/mol. The van der Waals surface area contributed by atoms with Crippen LogP contribution in [0.5, 0.6) is 0 Å². The summed E-state index contributed by atoms with van der Waals surface area (Å²) in [5, 5.41) is 0. The minimum Gasteiger partial charge on any atom is -0.375 e. The van der Waals surface area contributed by atoms with Gasteiger partial charge in [-0.15, -0.1) is 0 Å². The van der Waals surface area contributed by atoms with E-state index < -0.39 is 0 Å². The lowest BCUT2D eigenvalue weighted by Crippen LogP contribution is -2.18. The normalized spacial score (nSPS) is 10.8. The van der Waals surface area contributed by atoms with Gasteiger partial charge in [0.25, 0.3) is 0 Å². The van der Waals surface area contributed by atoms with Crippen LogP contribution in [0.4, 0.5) is 5.69 Å². The van der Waals surface area contributed by atoms with Crippen molar-refractivity contribution in [3.05, 3.63) is 30.3 Å². The van der Waals surface area contributed by atoms with Crippen molar-refractivity contribution in [1.29, 1.82) is 0 Å². The summed E-state index contributed by atoms with van der Waals surface area (Å²) in [5.74, 6) is 0.854. The fourth-order valence-electron chi connectivity index (χ4n) is 1.89. The van der Waals surface area contributed by atoms with Gasteiger partial charge in [0.15, 0.2) is 0 Å². The van der Waals surface area contributed by atoms with Gasteiger partial charge >= 0.3 is 0 Å². The van der Waals surface area contributed by atoms with E-state index in [1.165, 1.54) is 37.9 Å². The van der Waals surface area contributed by atoms with Gasteiger partial charge in [0, 0.05) is 19.3 Å². The van der Waals surface area contributed by atoms with E-state index in [0.29, 0.717) is 0 Å². The molecule has 16 heavy (non-hydrogen) atoms. The zero-order chi connectivity index (χ0) is 11.8. The van der Waals surface area contributed by atoms with Crippen molar-refractivity contribution in [2.75, 3.05) is 18.5 Å². The molecule has 0 aromatic heterocycles. The Morgan fingerprint density at radius 3 is 2.31 bits per heavy atom. The standard InChI is InChI=1S/C15H25N/c1-14(2)10-6-5-9-13-16(3)15-11-7-4-8-12-15/h4,7-8,11-12,14H,5-6,9-10,13H2,1-3H3. The van der Waals surface area contributed by atoms with Crippen molar-refractivity contribution >= 4 is 5.69 Å². The van der Waals surface area contributed by atoms with E-state index in [1.807, 2.05) is 0 Å². The van der Waals surface area contributed by atoms with Crippen LogP contribution in [0, 0.1) is 5.92 Å². The molecule has 0 amide bonds. The monoisotopic (exact) mass is 219 g/mol. The van der Waals surface area contributed by atoms with Crippen LogP contribution in [0.15, 0.2) is 30.3 Å². The van der Waals surface area contributed by atoms with Gasteiger partial charge in [0.1, 0.15) is 0 Å². The largest absolute Gasteiger partial charge is 0.375 e. The molecule has 0 heterocycles. The van der Waals surface area contributed by atoms with Gasteiger partial charge in [-0.05, 0) is 24.5 Å². The summed E-state index contributed by atoms with van der Waals surface area (Å²) in [6.45, 7) is 5.77. The predicted molar refractivity (Wildman–Crippen MR) is 73.0 cm³/mol. The molecule has 0 unspecified atom stereocenters. The Kier molecular flexibility index (Phi) is 5.99. The first-order valence-electron chi connectivity index (χ1n) is 6.46. The highest BCUT2D eigenvalue weighted by Gasteiger charge is 1.99. The van der Waals surface area contributed by atoms with Crippen molar-refractivity contribution in [2.24, 2.45) is 5.92 Å². The van der Waals surface area contributed by atoms with Crippen molar-refractivity contribution in [3.8, 4) is 0 Å². The quantitative estimate of drug-likeness (QED) is 0.617. The maximum atomic E-state index is 2.34. The number of hydrogen-bond acceptors (Lipinski definition) is 1. The molecule has 0 spiro atoms. The summed E-state index contributed by atoms with van der Waals surface area (Å²) in [7, 11) is 2.18. The summed E-state index contributed by atoms with van der Waals surface area (Å²) >= 11 is 0. The Bertz CT molecular complexity index is 266. The van der Waals surface area contributed by atoms with E-state index in [0.717, 1.165) is 5.92 Å². The van der Waals surface area contributed by atoms with Crippen LogP contribution in [0.1, 0.15) is 39.5 Å². The molecule has 0 N–H and O–H groups in total. The van der Waals surface area contributed by atoms with Crippen molar-refractivity contribution in [3.63, 3.8) is 0 Å². The van der Waals surface area contributed by atoms with Gasteiger partial charge in [-0.1, -0.05) is 51.3 Å². The van der Waals surface area contributed by atoms with Crippen molar-refractivity contribution in [1.82, 2.24) is 0 Å². The van der Waals surface area contributed by atoms with Crippen LogP contribution < -0.4 is 4.90 Å². The molecule has 90 valence electrons. The van der Waals surface area contributed by atoms with Crippen LogP contribution >= 0.6 is 0 Å². The molecule has 0 fully saturated rings. The number of nitrogens with zero attached hydrogens (tertiary/aromatic N) is 1. The summed E-state index contributed by atoms with van der Waals surface area (Å²) < 4.78 is 0. The minimum absolute atomic E-state index is 0.854. The molecule has 1 heteroatoms. The number of para-hydroxylation sites is 1. The molecule has 0 aliphatic heterocycles. The molecule has 1 aromatic carbocycles. The van der Waals surface area contributed by atoms with E-state index in [1.54, 1.807) is 0 Å². The van der Waals surface area contributed by atoms with Crippen LogP contribution in [-0.4, -0.2) is 13.6 Å². The van der Waals surface area contributed by atoms with E-state index in [9.17, 15) is 0 Å². The highest BCUT2D eigenvalue weighted by atomic mass is 15.1. The third kappa shape index (κ3) is 5.20. The highest BCUT2D eigenvalue weighted by molar-refractivity contribution is 5.44. The Morgan fingerprint density at radius 2 is 1.69 bits per heavy atom. The molecule has 1 nitrogen and oxygen atoms in total. The lowest BCUT2D eigenvalue weighted by atomic mass is 10.1. The molecular formula is C15H25N. The molecule has 0 atom stereocenters. The lowest BCUT2D eigenvalue weighted by Gasteiger charge is -2.19. The maximum absolute atomic E-state index is 2.34. The van der Waals surface area contributed by atoms with Gasteiger partial charge in [0.2, 0.25) is 0 Å². The first kappa shape index (κ1) is 13.1. The Morgan fingerprint density at radius 1 is 1.00 bits per heavy atom. The van der Waals surface area contributed by atoms with Gasteiger partial charge in [-0.3, -0.25) is 0 Å². The van der Waals surface area contributed by atoms with Crippen LogP contribution in [-0.2, 0) is 0 Å². The minimum atomic E-state index is 0.854. The molecule has 1 rings (SSSR count). The molecule has 0 aliphatic carbocycles. The molecule has 0 bridgehead atoms. The van der Waals surface area contributed by atoms with Gasteiger partial charge in [-0.25, -0.2) is 0 Å². The molecule has 0 saturated heterocycles. The number of anilines is 1. The van der Waals surface area contributed by atoms with Crippen LogP contribution in [0.25, 0.3) is 0 Å². The molecule has 1 aromatic rings. The zero-order valence-electron chi connectivity index (χ0n) is 10.9. The topological polar surface area (TPSA) is 3.24 Å². The number of unbranched alkanes of at least 4 members (excludes halogenated alkanes) is 2. The van der Waals surface area contributed by atoms with E-state index >= 15 is 0 Å². The smallest absolute Gasteiger partial charge is 0.0363 e. The van der Waals surface area contributed by atoms with Gasteiger partial charge < -0.3 is 4.90 Å². The second-order valence-corrected chi connectivity index (χ2v) is 5.00. The first-order valence-corrected chi connectivity index (χ1v) is 6.46. The molecule has 0 saturated carbocycles. The Balaban J connectivity index is 2.14. The fourth-order valence-corrected chi connectivity index (χ4v) is 1.89. The van der Waals surface area contributed by atoms with E-state index in [4.69, 9.17) is 0 Å².